The van der Waals surface area contributed by atoms with Crippen molar-refractivity contribution in [2.75, 3.05) is 24.6 Å². The zero-order chi connectivity index (χ0) is 17.8. The van der Waals surface area contributed by atoms with E-state index >= 15 is 0 Å². The molecule has 6 nitrogen and oxygen atoms in total. The maximum Gasteiger partial charge on any atom is 0.139 e. The summed E-state index contributed by atoms with van der Waals surface area (Å²) < 4.78 is 0. The minimum atomic E-state index is 0. The monoisotopic (exact) mass is 423 g/mol. The molecule has 1 aliphatic rings. The lowest BCUT2D eigenvalue weighted by molar-refractivity contribution is 0.272. The van der Waals surface area contributed by atoms with Gasteiger partial charge in [-0.15, -0.1) is 24.8 Å². The van der Waals surface area contributed by atoms with E-state index in [-0.39, 0.29) is 24.8 Å². The maximum absolute atomic E-state index is 8.95. The lowest BCUT2D eigenvalue weighted by atomic mass is 9.91. The molecule has 1 saturated heterocycles. The molecule has 2 N–H and O–H groups in total. The molecule has 0 aliphatic carbocycles. The average Bonchev–Trinajstić information content (AvgIpc) is 3.23. The lowest BCUT2D eigenvalue weighted by Crippen LogP contribution is -2.34. The van der Waals surface area contributed by atoms with Crippen molar-refractivity contribution in [2.45, 2.75) is 32.1 Å². The van der Waals surface area contributed by atoms with E-state index in [1.807, 2.05) is 12.4 Å². The number of piperidine rings is 1. The number of nitrogens with one attached hydrogen (secondary N) is 1. The molecule has 3 heterocycles. The van der Waals surface area contributed by atoms with Crippen molar-refractivity contribution < 1.29 is 5.11 Å². The van der Waals surface area contributed by atoms with Crippen LogP contribution in [0.25, 0.3) is 22.0 Å². The summed E-state index contributed by atoms with van der Waals surface area (Å²) in [6.07, 6.45) is 11.1. The third kappa shape index (κ3) is 4.93. The van der Waals surface area contributed by atoms with Gasteiger partial charge in [0.1, 0.15) is 12.1 Å². The normalized spacial score (nSPS) is 14.5. The Morgan fingerprint density at radius 1 is 1.07 bits per heavy atom. The van der Waals surface area contributed by atoms with Crippen LogP contribution >= 0.6 is 24.8 Å². The Hall–Kier alpha value is -1.89. The highest BCUT2D eigenvalue weighted by Gasteiger charge is 2.21. The Balaban J connectivity index is 0.00000140. The molecule has 152 valence electrons. The molecule has 0 unspecified atom stereocenters. The summed E-state index contributed by atoms with van der Waals surface area (Å²) in [5.74, 6) is 1.81. The molecule has 8 heteroatoms. The second-order valence-electron chi connectivity index (χ2n) is 7.07. The number of unbranched alkanes of at least 4 members (excludes halogenated alkanes) is 1. The fourth-order valence-electron chi connectivity index (χ4n) is 3.86. The van der Waals surface area contributed by atoms with Crippen LogP contribution in [-0.4, -0.2) is 45.0 Å². The zero-order valence-corrected chi connectivity index (χ0v) is 17.4. The van der Waals surface area contributed by atoms with Gasteiger partial charge in [-0.2, -0.15) is 5.10 Å². The number of fused-ring (bicyclic) bond motifs is 1. The minimum absolute atomic E-state index is 0. The molecule has 0 bridgehead atoms. The smallest absolute Gasteiger partial charge is 0.139 e. The van der Waals surface area contributed by atoms with Gasteiger partial charge in [-0.1, -0.05) is 18.9 Å². The molecule has 1 aliphatic heterocycles. The van der Waals surface area contributed by atoms with Crippen molar-refractivity contribution in [3.63, 3.8) is 0 Å². The van der Waals surface area contributed by atoms with E-state index in [9.17, 15) is 0 Å². The van der Waals surface area contributed by atoms with E-state index in [0.717, 1.165) is 59.7 Å². The first-order valence-electron chi connectivity index (χ1n) is 9.45. The fraction of sp³-hybridized carbons (Fsp3) is 0.450. The molecule has 0 saturated carbocycles. The van der Waals surface area contributed by atoms with E-state index in [2.05, 4.69) is 43.3 Å². The molecule has 0 radical (unpaired) electrons. The van der Waals surface area contributed by atoms with Crippen molar-refractivity contribution in [3.8, 4) is 11.1 Å². The molecule has 2 aromatic heterocycles. The van der Waals surface area contributed by atoms with Gasteiger partial charge in [0.05, 0.1) is 11.7 Å². The minimum Gasteiger partial charge on any atom is -0.396 e. The molecular weight excluding hydrogens is 397 g/mol. The number of hydrogen-bond acceptors (Lipinski definition) is 5. The van der Waals surface area contributed by atoms with E-state index in [4.69, 9.17) is 5.11 Å². The molecule has 28 heavy (non-hydrogen) atoms. The Morgan fingerprint density at radius 3 is 2.61 bits per heavy atom. The number of halogens is 2. The maximum atomic E-state index is 8.95. The molecule has 0 amide bonds. The molecule has 1 aromatic carbocycles. The van der Waals surface area contributed by atoms with Crippen LogP contribution in [-0.2, 0) is 0 Å². The van der Waals surface area contributed by atoms with Gasteiger partial charge in [0.2, 0.25) is 0 Å². The molecular formula is C20H27Cl2N5O. The van der Waals surface area contributed by atoms with Crippen LogP contribution in [0.1, 0.15) is 32.1 Å². The van der Waals surface area contributed by atoms with E-state index < -0.39 is 0 Å². The van der Waals surface area contributed by atoms with Crippen molar-refractivity contribution >= 4 is 41.5 Å². The van der Waals surface area contributed by atoms with Crippen molar-refractivity contribution in [1.29, 1.82) is 0 Å². The highest BCUT2D eigenvalue weighted by Crippen LogP contribution is 2.31. The Kier molecular flexibility index (Phi) is 8.48. The van der Waals surface area contributed by atoms with Crippen LogP contribution in [0.4, 0.5) is 5.82 Å². The Bertz CT molecular complexity index is 851. The van der Waals surface area contributed by atoms with Gasteiger partial charge < -0.3 is 10.0 Å². The topological polar surface area (TPSA) is 77.9 Å². The number of H-pyrrole nitrogens is 1. The molecule has 3 aromatic rings. The number of anilines is 1. The SMILES string of the molecule is Cl.Cl.OCCCCC1CCN(c2ncnc3ccc(-c4cn[nH]c4)cc23)CC1. The molecule has 0 spiro atoms. The largest absolute Gasteiger partial charge is 0.396 e. The van der Waals surface area contributed by atoms with Crippen LogP contribution in [0.3, 0.4) is 0 Å². The predicted octanol–water partition coefficient (Wildman–Crippen LogP) is 4.24. The predicted molar refractivity (Wildman–Crippen MR) is 117 cm³/mol. The number of hydrogen-bond donors (Lipinski definition) is 2. The quantitative estimate of drug-likeness (QED) is 0.579. The molecule has 4 rings (SSSR count). The first-order valence-corrected chi connectivity index (χ1v) is 9.45. The van der Waals surface area contributed by atoms with Gasteiger partial charge in [0.15, 0.2) is 0 Å². The fourth-order valence-corrected chi connectivity index (χ4v) is 3.86. The van der Waals surface area contributed by atoms with Crippen molar-refractivity contribution in [1.82, 2.24) is 20.2 Å². The highest BCUT2D eigenvalue weighted by atomic mass is 35.5. The number of rotatable bonds is 6. The van der Waals surface area contributed by atoms with Gasteiger partial charge >= 0.3 is 0 Å². The second kappa shape index (κ2) is 10.6. The first kappa shape index (κ1) is 22.4. The van der Waals surface area contributed by atoms with Gasteiger partial charge in [-0.05, 0) is 42.9 Å². The summed E-state index contributed by atoms with van der Waals surface area (Å²) >= 11 is 0. The molecule has 0 atom stereocenters. The second-order valence-corrected chi connectivity index (χ2v) is 7.07. The van der Waals surface area contributed by atoms with Crippen LogP contribution < -0.4 is 4.90 Å². The number of nitrogens with zero attached hydrogens (tertiary/aromatic N) is 4. The summed E-state index contributed by atoms with van der Waals surface area (Å²) in [5.41, 5.74) is 3.18. The van der Waals surface area contributed by atoms with Gasteiger partial charge in [-0.25, -0.2) is 9.97 Å². The van der Waals surface area contributed by atoms with E-state index in [1.165, 1.54) is 19.3 Å². The lowest BCUT2D eigenvalue weighted by Gasteiger charge is -2.33. The van der Waals surface area contributed by atoms with Crippen LogP contribution in [0.5, 0.6) is 0 Å². The van der Waals surface area contributed by atoms with Gasteiger partial charge in [-0.3, -0.25) is 5.10 Å². The third-order valence-electron chi connectivity index (χ3n) is 5.38. The number of benzene rings is 1. The summed E-state index contributed by atoms with van der Waals surface area (Å²) in [5, 5.41) is 17.0. The van der Waals surface area contributed by atoms with Crippen LogP contribution in [0, 0.1) is 5.92 Å². The standard InChI is InChI=1S/C20H25N5O.2ClH/c26-10-2-1-3-15-6-8-25(9-7-15)20-18-11-16(17-12-23-24-13-17)4-5-19(18)21-14-22-20;;/h4-5,11-15,26H,1-3,6-10H2,(H,23,24);2*1H. The van der Waals surface area contributed by atoms with Crippen LogP contribution in [0.15, 0.2) is 36.9 Å². The number of aliphatic hydroxyl groups excluding tert-OH is 1. The zero-order valence-electron chi connectivity index (χ0n) is 15.8. The number of aromatic amines is 1. The summed E-state index contributed by atoms with van der Waals surface area (Å²) in [7, 11) is 0. The first-order chi connectivity index (χ1) is 12.8. The summed E-state index contributed by atoms with van der Waals surface area (Å²) in [6.45, 7) is 2.38. The van der Waals surface area contributed by atoms with Gasteiger partial charge in [0.25, 0.3) is 0 Å². The van der Waals surface area contributed by atoms with Crippen molar-refractivity contribution in [3.05, 3.63) is 36.9 Å². The van der Waals surface area contributed by atoms with E-state index in [0.29, 0.717) is 6.61 Å². The summed E-state index contributed by atoms with van der Waals surface area (Å²) in [4.78, 5) is 11.4. The van der Waals surface area contributed by atoms with Crippen molar-refractivity contribution in [2.24, 2.45) is 5.92 Å². The Labute approximate surface area is 177 Å². The summed E-state index contributed by atoms with van der Waals surface area (Å²) in [6, 6.07) is 6.31. The molecule has 1 fully saturated rings. The van der Waals surface area contributed by atoms with Gasteiger partial charge in [0, 0.05) is 36.8 Å². The van der Waals surface area contributed by atoms with Crippen LogP contribution in [0.2, 0.25) is 0 Å². The Morgan fingerprint density at radius 2 is 1.89 bits per heavy atom. The number of aliphatic hydroxyl groups is 1. The third-order valence-corrected chi connectivity index (χ3v) is 5.38. The van der Waals surface area contributed by atoms with E-state index in [1.54, 1.807) is 6.33 Å². The number of aromatic nitrogens is 4. The average molecular weight is 424 g/mol. The highest BCUT2D eigenvalue weighted by molar-refractivity contribution is 5.92.